The SMILES string of the molecule is COc1cc2occ(-c3ccc(-c4ccccc4)cc3)c2cc1/C(C)=C/C(=O)Nc1ccccc1. The highest BCUT2D eigenvalue weighted by Crippen LogP contribution is 2.38. The second-order valence-electron chi connectivity index (χ2n) is 8.32. The number of carbonyl (C=O) groups is 1. The predicted octanol–water partition coefficient (Wildman–Crippen LogP) is 7.82. The molecule has 1 aromatic heterocycles. The van der Waals surface area contributed by atoms with E-state index in [2.05, 4.69) is 41.7 Å². The lowest BCUT2D eigenvalue weighted by Gasteiger charge is -2.10. The number of allylic oxidation sites excluding steroid dienone is 1. The summed E-state index contributed by atoms with van der Waals surface area (Å²) in [5, 5.41) is 3.86. The lowest BCUT2D eigenvalue weighted by atomic mass is 9.97. The molecule has 0 aliphatic carbocycles. The van der Waals surface area contributed by atoms with Gasteiger partial charge in [0.05, 0.1) is 13.4 Å². The van der Waals surface area contributed by atoms with E-state index in [1.54, 1.807) is 19.4 Å². The molecule has 5 aromatic rings. The highest BCUT2D eigenvalue weighted by atomic mass is 16.5. The number of para-hydroxylation sites is 1. The quantitative estimate of drug-likeness (QED) is 0.263. The van der Waals surface area contributed by atoms with Gasteiger partial charge >= 0.3 is 0 Å². The minimum absolute atomic E-state index is 0.195. The van der Waals surface area contributed by atoms with Gasteiger partial charge in [-0.15, -0.1) is 0 Å². The molecule has 0 fully saturated rings. The lowest BCUT2D eigenvalue weighted by Crippen LogP contribution is -2.08. The summed E-state index contributed by atoms with van der Waals surface area (Å²) >= 11 is 0. The Bertz CT molecular complexity index is 1500. The number of furan rings is 1. The fraction of sp³-hybridized carbons (Fsp3) is 0.0645. The van der Waals surface area contributed by atoms with Gasteiger partial charge in [0.1, 0.15) is 11.3 Å². The zero-order chi connectivity index (χ0) is 24.2. The van der Waals surface area contributed by atoms with Crippen LogP contribution in [-0.2, 0) is 4.79 Å². The monoisotopic (exact) mass is 459 g/mol. The Morgan fingerprint density at radius 1 is 0.829 bits per heavy atom. The van der Waals surface area contributed by atoms with Crippen molar-refractivity contribution in [2.75, 3.05) is 12.4 Å². The van der Waals surface area contributed by atoms with Crippen LogP contribution >= 0.6 is 0 Å². The molecule has 0 bridgehead atoms. The highest BCUT2D eigenvalue weighted by molar-refractivity contribution is 6.05. The first-order chi connectivity index (χ1) is 17.1. The number of amides is 1. The third kappa shape index (κ3) is 4.73. The van der Waals surface area contributed by atoms with Crippen molar-refractivity contribution in [1.29, 1.82) is 0 Å². The molecule has 0 atom stereocenters. The minimum Gasteiger partial charge on any atom is -0.496 e. The topological polar surface area (TPSA) is 51.5 Å². The Kier molecular flexibility index (Phi) is 6.18. The highest BCUT2D eigenvalue weighted by Gasteiger charge is 2.15. The van der Waals surface area contributed by atoms with Crippen molar-refractivity contribution in [2.45, 2.75) is 6.92 Å². The number of carbonyl (C=O) groups excluding carboxylic acids is 1. The van der Waals surface area contributed by atoms with Crippen LogP contribution in [0.2, 0.25) is 0 Å². The molecule has 0 saturated carbocycles. The van der Waals surface area contributed by atoms with E-state index in [-0.39, 0.29) is 5.91 Å². The van der Waals surface area contributed by atoms with Gasteiger partial charge in [-0.3, -0.25) is 4.79 Å². The Morgan fingerprint density at radius 3 is 2.14 bits per heavy atom. The Hall–Kier alpha value is -4.57. The van der Waals surface area contributed by atoms with Crippen molar-refractivity contribution in [3.8, 4) is 28.0 Å². The molecule has 0 unspecified atom stereocenters. The van der Waals surface area contributed by atoms with E-state index in [9.17, 15) is 4.79 Å². The molecule has 0 saturated heterocycles. The van der Waals surface area contributed by atoms with E-state index in [4.69, 9.17) is 9.15 Å². The van der Waals surface area contributed by atoms with Crippen molar-refractivity contribution in [1.82, 2.24) is 0 Å². The van der Waals surface area contributed by atoms with Crippen molar-refractivity contribution >= 4 is 28.1 Å². The summed E-state index contributed by atoms with van der Waals surface area (Å²) in [6.45, 7) is 1.91. The summed E-state index contributed by atoms with van der Waals surface area (Å²) in [7, 11) is 1.62. The van der Waals surface area contributed by atoms with Gasteiger partial charge in [-0.25, -0.2) is 0 Å². The molecule has 1 amide bonds. The van der Waals surface area contributed by atoms with E-state index in [1.807, 2.05) is 67.6 Å². The fourth-order valence-corrected chi connectivity index (χ4v) is 4.20. The number of hydrogen-bond donors (Lipinski definition) is 1. The molecule has 0 aliphatic heterocycles. The normalized spacial score (nSPS) is 11.4. The molecule has 1 heterocycles. The van der Waals surface area contributed by atoms with Crippen molar-refractivity contribution < 1.29 is 13.9 Å². The summed E-state index contributed by atoms with van der Waals surface area (Å²) in [5.41, 5.74) is 7.50. The zero-order valence-corrected chi connectivity index (χ0v) is 19.6. The Morgan fingerprint density at radius 2 is 1.46 bits per heavy atom. The minimum atomic E-state index is -0.195. The molecule has 4 heteroatoms. The molecule has 0 aliphatic rings. The maximum absolute atomic E-state index is 12.6. The molecule has 5 rings (SSSR count). The van der Waals surface area contributed by atoms with E-state index in [0.29, 0.717) is 5.75 Å². The van der Waals surface area contributed by atoms with Crippen LogP contribution < -0.4 is 10.1 Å². The molecule has 1 N–H and O–H groups in total. The van der Waals surface area contributed by atoms with Crippen LogP contribution in [0.25, 0.3) is 38.8 Å². The van der Waals surface area contributed by atoms with Crippen LogP contribution in [0.4, 0.5) is 5.69 Å². The summed E-state index contributed by atoms with van der Waals surface area (Å²) in [6.07, 6.45) is 3.36. The molecule has 35 heavy (non-hydrogen) atoms. The Labute approximate surface area is 204 Å². The number of anilines is 1. The van der Waals surface area contributed by atoms with Gasteiger partial charge in [-0.05, 0) is 47.4 Å². The van der Waals surface area contributed by atoms with Gasteiger partial charge in [-0.1, -0.05) is 72.8 Å². The van der Waals surface area contributed by atoms with Crippen LogP contribution in [0.15, 0.2) is 114 Å². The molecule has 172 valence electrons. The van der Waals surface area contributed by atoms with Crippen LogP contribution in [-0.4, -0.2) is 13.0 Å². The average molecular weight is 460 g/mol. The first kappa shape index (κ1) is 22.2. The number of ether oxygens (including phenoxy) is 1. The van der Waals surface area contributed by atoms with Gasteiger partial charge < -0.3 is 14.5 Å². The molecular weight excluding hydrogens is 434 g/mol. The third-order valence-electron chi connectivity index (χ3n) is 6.01. The molecule has 4 nitrogen and oxygen atoms in total. The first-order valence-corrected chi connectivity index (χ1v) is 11.4. The van der Waals surface area contributed by atoms with Crippen molar-refractivity contribution in [3.05, 3.63) is 115 Å². The number of rotatable bonds is 6. The second-order valence-corrected chi connectivity index (χ2v) is 8.32. The van der Waals surface area contributed by atoms with Crippen LogP contribution in [0, 0.1) is 0 Å². The number of nitrogens with one attached hydrogen (secondary N) is 1. The average Bonchev–Trinajstić information content (AvgIpc) is 3.32. The summed E-state index contributed by atoms with van der Waals surface area (Å²) in [4.78, 5) is 12.6. The smallest absolute Gasteiger partial charge is 0.248 e. The largest absolute Gasteiger partial charge is 0.496 e. The molecule has 4 aromatic carbocycles. The molecule has 0 radical (unpaired) electrons. The maximum Gasteiger partial charge on any atom is 0.248 e. The Balaban J connectivity index is 1.48. The standard InChI is InChI=1S/C31H25NO3/c1-21(17-31(33)32-25-11-7-4-8-12-25)26-18-27-28(20-35-30(27)19-29(26)34-2)24-15-13-23(14-16-24)22-9-5-3-6-10-22/h3-20H,1-2H3,(H,32,33)/b21-17+. The third-order valence-corrected chi connectivity index (χ3v) is 6.01. The molecular formula is C31H25NO3. The summed E-state index contributed by atoms with van der Waals surface area (Å²) in [6, 6.07) is 32.0. The number of hydrogen-bond acceptors (Lipinski definition) is 3. The summed E-state index contributed by atoms with van der Waals surface area (Å²) in [5.74, 6) is 0.457. The van der Waals surface area contributed by atoms with Crippen molar-refractivity contribution in [3.63, 3.8) is 0 Å². The number of methoxy groups -OCH3 is 1. The van der Waals surface area contributed by atoms with Crippen molar-refractivity contribution in [2.24, 2.45) is 0 Å². The van der Waals surface area contributed by atoms with Gasteiger partial charge in [0, 0.05) is 34.3 Å². The lowest BCUT2D eigenvalue weighted by molar-refractivity contribution is -0.111. The van der Waals surface area contributed by atoms with E-state index in [0.717, 1.165) is 44.5 Å². The van der Waals surface area contributed by atoms with Gasteiger partial charge in [0.2, 0.25) is 5.91 Å². The van der Waals surface area contributed by atoms with Gasteiger partial charge in [0.15, 0.2) is 0 Å². The van der Waals surface area contributed by atoms with Gasteiger partial charge in [-0.2, -0.15) is 0 Å². The summed E-state index contributed by atoms with van der Waals surface area (Å²) < 4.78 is 11.5. The fourth-order valence-electron chi connectivity index (χ4n) is 4.20. The van der Waals surface area contributed by atoms with Crippen LogP contribution in [0.3, 0.4) is 0 Å². The first-order valence-electron chi connectivity index (χ1n) is 11.4. The van der Waals surface area contributed by atoms with Crippen LogP contribution in [0.1, 0.15) is 12.5 Å². The van der Waals surface area contributed by atoms with E-state index < -0.39 is 0 Å². The van der Waals surface area contributed by atoms with E-state index in [1.165, 1.54) is 5.56 Å². The number of benzene rings is 4. The molecule has 0 spiro atoms. The van der Waals surface area contributed by atoms with Gasteiger partial charge in [0.25, 0.3) is 0 Å². The predicted molar refractivity (Wildman–Crippen MR) is 142 cm³/mol. The van der Waals surface area contributed by atoms with Crippen LogP contribution in [0.5, 0.6) is 5.75 Å². The maximum atomic E-state index is 12.6. The zero-order valence-electron chi connectivity index (χ0n) is 19.6. The number of fused-ring (bicyclic) bond motifs is 1. The second kappa shape index (κ2) is 9.74. The van der Waals surface area contributed by atoms with E-state index >= 15 is 0 Å².